The van der Waals surface area contributed by atoms with Crippen molar-refractivity contribution in [2.45, 2.75) is 32.9 Å². The van der Waals surface area contributed by atoms with E-state index in [0.29, 0.717) is 6.54 Å². The van der Waals surface area contributed by atoms with Gasteiger partial charge in [-0.05, 0) is 40.6 Å². The van der Waals surface area contributed by atoms with Crippen LogP contribution in [0.2, 0.25) is 0 Å². The minimum absolute atomic E-state index is 0.0872. The van der Waals surface area contributed by atoms with E-state index < -0.39 is 6.10 Å². The molecule has 0 bridgehead atoms. The largest absolute Gasteiger partial charge is 0.497 e. The van der Waals surface area contributed by atoms with Crippen molar-refractivity contribution in [2.24, 2.45) is 5.92 Å². The predicted molar refractivity (Wildman–Crippen MR) is 93.6 cm³/mol. The molecule has 1 heterocycles. The number of nitrogens with one attached hydrogen (secondary N) is 1. The Morgan fingerprint density at radius 2 is 1.96 bits per heavy atom. The van der Waals surface area contributed by atoms with Crippen LogP contribution >= 0.6 is 11.3 Å². The first-order valence-corrected chi connectivity index (χ1v) is 8.54. The Kier molecular flexibility index (Phi) is 6.19. The van der Waals surface area contributed by atoms with Gasteiger partial charge in [-0.2, -0.15) is 0 Å². The first-order chi connectivity index (χ1) is 11.0. The molecule has 1 unspecified atom stereocenters. The maximum atomic E-state index is 11.8. The fourth-order valence-corrected chi connectivity index (χ4v) is 2.92. The van der Waals surface area contributed by atoms with E-state index in [1.165, 1.54) is 0 Å². The number of carbonyl (C=O) groups is 1. The number of ether oxygens (including phenoxy) is 1. The zero-order valence-corrected chi connectivity index (χ0v) is 14.5. The molecule has 0 fully saturated rings. The third-order valence-electron chi connectivity index (χ3n) is 3.70. The summed E-state index contributed by atoms with van der Waals surface area (Å²) in [6, 6.07) is 9.97. The van der Waals surface area contributed by atoms with Crippen molar-refractivity contribution >= 4 is 17.2 Å². The van der Waals surface area contributed by atoms with Gasteiger partial charge >= 0.3 is 0 Å². The number of hydrogen-bond donors (Lipinski definition) is 2. The summed E-state index contributed by atoms with van der Waals surface area (Å²) in [6.07, 6.45) is -0.442. The number of rotatable bonds is 7. The van der Waals surface area contributed by atoms with Gasteiger partial charge in [-0.1, -0.05) is 26.0 Å². The second-order valence-corrected chi connectivity index (χ2v) is 6.82. The summed E-state index contributed by atoms with van der Waals surface area (Å²) < 4.78 is 5.16. The summed E-state index contributed by atoms with van der Waals surface area (Å²) in [5, 5.41) is 14.7. The Morgan fingerprint density at radius 3 is 2.57 bits per heavy atom. The Balaban J connectivity index is 1.90. The van der Waals surface area contributed by atoms with Crippen LogP contribution in [0, 0.1) is 5.92 Å². The molecule has 0 spiro atoms. The lowest BCUT2D eigenvalue weighted by Crippen LogP contribution is -2.28. The molecule has 5 heteroatoms. The molecule has 4 nitrogen and oxygen atoms in total. The first kappa shape index (κ1) is 17.5. The zero-order valence-electron chi connectivity index (χ0n) is 13.7. The lowest BCUT2D eigenvalue weighted by atomic mass is 10.0. The Labute approximate surface area is 141 Å². The topological polar surface area (TPSA) is 58.6 Å². The minimum Gasteiger partial charge on any atom is -0.497 e. The van der Waals surface area contributed by atoms with Gasteiger partial charge in [0.05, 0.1) is 26.2 Å². The molecule has 2 N–H and O–H groups in total. The Morgan fingerprint density at radius 1 is 1.26 bits per heavy atom. The lowest BCUT2D eigenvalue weighted by Gasteiger charge is -2.13. The quantitative estimate of drug-likeness (QED) is 0.816. The number of aliphatic hydroxyl groups excluding tert-OH is 1. The van der Waals surface area contributed by atoms with E-state index in [9.17, 15) is 9.90 Å². The molecule has 2 rings (SSSR count). The van der Waals surface area contributed by atoms with Crippen LogP contribution in [0.5, 0.6) is 5.75 Å². The number of hydrogen-bond acceptors (Lipinski definition) is 4. The van der Waals surface area contributed by atoms with Crippen molar-refractivity contribution in [3.05, 3.63) is 40.6 Å². The van der Waals surface area contributed by atoms with Crippen molar-refractivity contribution in [3.63, 3.8) is 0 Å². The van der Waals surface area contributed by atoms with Crippen LogP contribution < -0.4 is 10.1 Å². The van der Waals surface area contributed by atoms with E-state index in [2.05, 4.69) is 16.8 Å². The first-order valence-electron chi connectivity index (χ1n) is 7.66. The second kappa shape index (κ2) is 8.13. The van der Waals surface area contributed by atoms with Gasteiger partial charge in [-0.25, -0.2) is 0 Å². The van der Waals surface area contributed by atoms with Gasteiger partial charge in [0.25, 0.3) is 0 Å². The third-order valence-corrected chi connectivity index (χ3v) is 4.64. The van der Waals surface area contributed by atoms with Gasteiger partial charge < -0.3 is 15.2 Å². The van der Waals surface area contributed by atoms with Gasteiger partial charge in [-0.15, -0.1) is 11.3 Å². The van der Waals surface area contributed by atoms with E-state index in [1.807, 2.05) is 38.1 Å². The highest BCUT2D eigenvalue weighted by Gasteiger charge is 2.14. The summed E-state index contributed by atoms with van der Waals surface area (Å²) >= 11 is 1.61. The van der Waals surface area contributed by atoms with Crippen LogP contribution in [0.25, 0.3) is 11.1 Å². The van der Waals surface area contributed by atoms with E-state index in [0.717, 1.165) is 21.8 Å². The smallest absolute Gasteiger partial charge is 0.222 e. The Bertz CT molecular complexity index is 634. The monoisotopic (exact) mass is 333 g/mol. The molecule has 0 radical (unpaired) electrons. The molecule has 0 aliphatic rings. The molecular weight excluding hydrogens is 310 g/mol. The number of amides is 1. The summed E-state index contributed by atoms with van der Waals surface area (Å²) in [5.74, 6) is 0.801. The molecule has 1 aromatic heterocycles. The zero-order chi connectivity index (χ0) is 16.8. The predicted octanol–water partition coefficient (Wildman–Crippen LogP) is 3.45. The fourth-order valence-electron chi connectivity index (χ4n) is 2.09. The Hall–Kier alpha value is -1.85. The van der Waals surface area contributed by atoms with Gasteiger partial charge in [-0.3, -0.25) is 4.79 Å². The molecule has 1 atom stereocenters. The summed E-state index contributed by atoms with van der Waals surface area (Å²) in [6.45, 7) is 4.29. The van der Waals surface area contributed by atoms with Crippen molar-refractivity contribution in [3.8, 4) is 16.9 Å². The molecule has 124 valence electrons. The SMILES string of the molecule is COc1ccc(-c2csc(CNC(=O)CC(O)C(C)C)c2)cc1. The third kappa shape index (κ3) is 5.08. The number of aliphatic hydroxyl groups is 1. The summed E-state index contributed by atoms with van der Waals surface area (Å²) in [5.41, 5.74) is 2.25. The van der Waals surface area contributed by atoms with Crippen molar-refractivity contribution in [1.29, 1.82) is 0 Å². The average Bonchev–Trinajstić information content (AvgIpc) is 3.02. The highest BCUT2D eigenvalue weighted by Crippen LogP contribution is 2.27. The molecule has 1 aromatic carbocycles. The van der Waals surface area contributed by atoms with Crippen LogP contribution in [0.1, 0.15) is 25.1 Å². The molecule has 0 aliphatic heterocycles. The second-order valence-electron chi connectivity index (χ2n) is 5.82. The standard InChI is InChI=1S/C18H23NO3S/c1-12(2)17(20)9-18(21)19-10-16-8-14(11-23-16)13-4-6-15(22-3)7-5-13/h4-8,11-12,17,20H,9-10H2,1-3H3,(H,19,21). The van der Waals surface area contributed by atoms with Crippen LogP contribution in [0.15, 0.2) is 35.7 Å². The summed E-state index contributed by atoms with van der Waals surface area (Å²) in [7, 11) is 1.65. The van der Waals surface area contributed by atoms with E-state index in [1.54, 1.807) is 18.4 Å². The van der Waals surface area contributed by atoms with Crippen molar-refractivity contribution in [2.75, 3.05) is 7.11 Å². The van der Waals surface area contributed by atoms with Gasteiger partial charge in [0.1, 0.15) is 5.75 Å². The molecule has 2 aromatic rings. The average molecular weight is 333 g/mol. The van der Waals surface area contributed by atoms with Crippen molar-refractivity contribution in [1.82, 2.24) is 5.32 Å². The highest BCUT2D eigenvalue weighted by molar-refractivity contribution is 7.10. The van der Waals surface area contributed by atoms with Gasteiger partial charge in [0, 0.05) is 4.88 Å². The minimum atomic E-state index is -0.590. The molecular formula is C18H23NO3S. The van der Waals surface area contributed by atoms with Gasteiger partial charge in [0.2, 0.25) is 5.91 Å². The molecule has 0 saturated heterocycles. The van der Waals surface area contributed by atoms with E-state index >= 15 is 0 Å². The summed E-state index contributed by atoms with van der Waals surface area (Å²) in [4.78, 5) is 12.9. The van der Waals surface area contributed by atoms with Crippen LogP contribution in [0.4, 0.5) is 0 Å². The fraction of sp³-hybridized carbons (Fsp3) is 0.389. The van der Waals surface area contributed by atoms with E-state index in [-0.39, 0.29) is 18.2 Å². The molecule has 1 amide bonds. The number of benzene rings is 1. The van der Waals surface area contributed by atoms with E-state index in [4.69, 9.17) is 4.74 Å². The van der Waals surface area contributed by atoms with Gasteiger partial charge in [0.15, 0.2) is 0 Å². The van der Waals surface area contributed by atoms with Crippen LogP contribution in [-0.4, -0.2) is 24.2 Å². The molecule has 0 saturated carbocycles. The van der Waals surface area contributed by atoms with Crippen molar-refractivity contribution < 1.29 is 14.6 Å². The lowest BCUT2D eigenvalue weighted by molar-refractivity contribution is -0.123. The highest BCUT2D eigenvalue weighted by atomic mass is 32.1. The van der Waals surface area contributed by atoms with Crippen LogP contribution in [-0.2, 0) is 11.3 Å². The number of methoxy groups -OCH3 is 1. The van der Waals surface area contributed by atoms with Crippen LogP contribution in [0.3, 0.4) is 0 Å². The maximum Gasteiger partial charge on any atom is 0.222 e. The molecule has 0 aliphatic carbocycles. The normalized spacial score (nSPS) is 12.2. The number of carbonyl (C=O) groups excluding carboxylic acids is 1. The maximum absolute atomic E-state index is 11.8. The molecule has 23 heavy (non-hydrogen) atoms. The number of thiophene rings is 1.